The van der Waals surface area contributed by atoms with E-state index < -0.39 is 24.2 Å². The molecule has 2 heterocycles. The van der Waals surface area contributed by atoms with Crippen LogP contribution in [-0.2, 0) is 23.1 Å². The van der Waals surface area contributed by atoms with Crippen LogP contribution in [0.5, 0.6) is 0 Å². The van der Waals surface area contributed by atoms with Crippen molar-refractivity contribution in [2.24, 2.45) is 7.05 Å². The highest BCUT2D eigenvalue weighted by Gasteiger charge is 2.47. The maximum absolute atomic E-state index is 13.2. The first-order valence-corrected chi connectivity index (χ1v) is 7.77. The number of hydrogen-bond donors (Lipinski definition) is 1. The minimum absolute atomic E-state index is 0.0228. The van der Waals surface area contributed by atoms with Crippen LogP contribution in [0.2, 0.25) is 0 Å². The molecule has 9 heteroatoms. The van der Waals surface area contributed by atoms with Crippen LogP contribution in [0.1, 0.15) is 31.7 Å². The third-order valence-electron chi connectivity index (χ3n) is 4.07. The largest absolute Gasteiger partial charge is 0.408 e. The highest BCUT2D eigenvalue weighted by molar-refractivity contribution is 5.77. The Kier molecular flexibility index (Phi) is 5.51. The van der Waals surface area contributed by atoms with Crippen molar-refractivity contribution in [2.45, 2.75) is 50.9 Å². The van der Waals surface area contributed by atoms with E-state index in [4.69, 9.17) is 0 Å². The van der Waals surface area contributed by atoms with Gasteiger partial charge in [-0.2, -0.15) is 18.3 Å². The molecule has 2 amide bonds. The fourth-order valence-electron chi connectivity index (χ4n) is 2.99. The summed E-state index contributed by atoms with van der Waals surface area (Å²) in [6.07, 6.45) is -0.840. The molecule has 0 bridgehead atoms. The molecule has 1 aromatic rings. The van der Waals surface area contributed by atoms with Gasteiger partial charge < -0.3 is 10.2 Å². The summed E-state index contributed by atoms with van der Waals surface area (Å²) in [6.45, 7) is 1.19. The van der Waals surface area contributed by atoms with Gasteiger partial charge in [0.15, 0.2) is 0 Å². The second-order valence-electron chi connectivity index (χ2n) is 6.10. The average Bonchev–Trinajstić information content (AvgIpc) is 2.88. The second kappa shape index (κ2) is 7.23. The fraction of sp³-hybridized carbons (Fsp3) is 0.667. The van der Waals surface area contributed by atoms with Gasteiger partial charge in [-0.15, -0.1) is 0 Å². The van der Waals surface area contributed by atoms with Crippen LogP contribution in [0, 0.1) is 0 Å². The standard InChI is InChI=1S/C15H21F3N4O2/c1-10(23)20-12-4-5-13(15(16,17)18)22(9-12)14(24)6-3-11-7-19-21(2)8-11/h7-8,12-13H,3-6,9H2,1-2H3,(H,20,23)/t12-,13-/m1/s1. The van der Waals surface area contributed by atoms with E-state index in [2.05, 4.69) is 10.4 Å². The molecule has 1 aliphatic heterocycles. The number of piperidine rings is 1. The molecule has 1 fully saturated rings. The number of carbonyl (C=O) groups is 2. The van der Waals surface area contributed by atoms with Gasteiger partial charge in [0.2, 0.25) is 11.8 Å². The lowest BCUT2D eigenvalue weighted by Gasteiger charge is -2.40. The van der Waals surface area contributed by atoms with E-state index in [1.807, 2.05) is 0 Å². The number of amides is 2. The third kappa shape index (κ3) is 4.72. The van der Waals surface area contributed by atoms with Crippen LogP contribution < -0.4 is 5.32 Å². The lowest BCUT2D eigenvalue weighted by molar-refractivity contribution is -0.197. The van der Waals surface area contributed by atoms with Crippen molar-refractivity contribution in [1.29, 1.82) is 0 Å². The third-order valence-corrected chi connectivity index (χ3v) is 4.07. The summed E-state index contributed by atoms with van der Waals surface area (Å²) in [4.78, 5) is 24.3. The lowest BCUT2D eigenvalue weighted by atomic mass is 9.96. The first-order valence-electron chi connectivity index (χ1n) is 7.77. The van der Waals surface area contributed by atoms with E-state index in [0.717, 1.165) is 10.5 Å². The summed E-state index contributed by atoms with van der Waals surface area (Å²) in [7, 11) is 1.73. The zero-order valence-corrected chi connectivity index (χ0v) is 13.6. The van der Waals surface area contributed by atoms with Gasteiger partial charge in [-0.05, 0) is 24.8 Å². The van der Waals surface area contributed by atoms with Crippen LogP contribution >= 0.6 is 0 Å². The van der Waals surface area contributed by atoms with Gasteiger partial charge in [0.05, 0.1) is 6.20 Å². The van der Waals surface area contributed by atoms with Crippen LogP contribution in [0.15, 0.2) is 12.4 Å². The first-order chi connectivity index (χ1) is 11.2. The Balaban J connectivity index is 2.04. The highest BCUT2D eigenvalue weighted by Crippen LogP contribution is 2.32. The molecule has 1 N–H and O–H groups in total. The van der Waals surface area contributed by atoms with Gasteiger partial charge in [0, 0.05) is 39.2 Å². The predicted octanol–water partition coefficient (Wildman–Crippen LogP) is 1.41. The maximum atomic E-state index is 13.2. The summed E-state index contributed by atoms with van der Waals surface area (Å²) < 4.78 is 41.2. The van der Waals surface area contributed by atoms with Crippen molar-refractivity contribution >= 4 is 11.8 Å². The number of hydrogen-bond acceptors (Lipinski definition) is 3. The molecule has 0 spiro atoms. The Hall–Kier alpha value is -2.06. The van der Waals surface area contributed by atoms with Crippen LogP contribution in [-0.4, -0.2) is 51.3 Å². The first kappa shape index (κ1) is 18.3. The Labute approximate surface area is 138 Å². The number of likely N-dealkylation sites (tertiary alicyclic amines) is 1. The summed E-state index contributed by atoms with van der Waals surface area (Å²) in [5, 5.41) is 6.57. The maximum Gasteiger partial charge on any atom is 0.408 e. The van der Waals surface area contributed by atoms with Gasteiger partial charge in [-0.3, -0.25) is 14.3 Å². The zero-order valence-electron chi connectivity index (χ0n) is 13.6. The minimum Gasteiger partial charge on any atom is -0.352 e. The van der Waals surface area contributed by atoms with Crippen LogP contribution in [0.4, 0.5) is 13.2 Å². The normalized spacial score (nSPS) is 21.6. The summed E-state index contributed by atoms with van der Waals surface area (Å²) >= 11 is 0. The molecule has 1 saturated heterocycles. The quantitative estimate of drug-likeness (QED) is 0.896. The molecule has 1 aromatic heterocycles. The number of carbonyl (C=O) groups excluding carboxylic acids is 2. The number of alkyl halides is 3. The van der Waals surface area contributed by atoms with Gasteiger partial charge in [0.25, 0.3) is 0 Å². The minimum atomic E-state index is -4.47. The number of aryl methyl sites for hydroxylation is 2. The Morgan fingerprint density at radius 3 is 2.62 bits per heavy atom. The number of aromatic nitrogens is 2. The molecule has 0 unspecified atom stereocenters. The van der Waals surface area contributed by atoms with Crippen molar-refractivity contribution in [1.82, 2.24) is 20.0 Å². The molecule has 134 valence electrons. The lowest BCUT2D eigenvalue weighted by Crippen LogP contribution is -2.58. The number of nitrogens with zero attached hydrogens (tertiary/aromatic N) is 3. The van der Waals surface area contributed by atoms with Crippen LogP contribution in [0.3, 0.4) is 0 Å². The number of halogens is 3. The summed E-state index contributed by atoms with van der Waals surface area (Å²) in [5.74, 6) is -0.871. The van der Waals surface area contributed by atoms with Gasteiger partial charge in [-0.25, -0.2) is 0 Å². The van der Waals surface area contributed by atoms with E-state index in [0.29, 0.717) is 6.42 Å². The van der Waals surface area contributed by atoms with Crippen molar-refractivity contribution in [3.8, 4) is 0 Å². The summed E-state index contributed by atoms with van der Waals surface area (Å²) in [6, 6.07) is -2.23. The summed E-state index contributed by atoms with van der Waals surface area (Å²) in [5.41, 5.74) is 0.796. The number of rotatable bonds is 4. The smallest absolute Gasteiger partial charge is 0.352 e. The predicted molar refractivity (Wildman–Crippen MR) is 79.9 cm³/mol. The molecule has 2 rings (SSSR count). The Bertz CT molecular complexity index is 600. The van der Waals surface area contributed by atoms with Crippen molar-refractivity contribution < 1.29 is 22.8 Å². The van der Waals surface area contributed by atoms with E-state index in [9.17, 15) is 22.8 Å². The Morgan fingerprint density at radius 2 is 2.08 bits per heavy atom. The van der Waals surface area contributed by atoms with Gasteiger partial charge >= 0.3 is 6.18 Å². The van der Waals surface area contributed by atoms with Crippen molar-refractivity contribution in [2.75, 3.05) is 6.54 Å². The van der Waals surface area contributed by atoms with Crippen molar-refractivity contribution in [3.63, 3.8) is 0 Å². The molecule has 24 heavy (non-hydrogen) atoms. The Morgan fingerprint density at radius 1 is 1.38 bits per heavy atom. The topological polar surface area (TPSA) is 67.2 Å². The van der Waals surface area contributed by atoms with E-state index >= 15 is 0 Å². The van der Waals surface area contributed by atoms with Gasteiger partial charge in [-0.1, -0.05) is 0 Å². The highest BCUT2D eigenvalue weighted by atomic mass is 19.4. The second-order valence-corrected chi connectivity index (χ2v) is 6.10. The molecule has 0 saturated carbocycles. The fourth-order valence-corrected chi connectivity index (χ4v) is 2.99. The van der Waals surface area contributed by atoms with Crippen LogP contribution in [0.25, 0.3) is 0 Å². The average molecular weight is 346 g/mol. The molecule has 2 atom stereocenters. The van der Waals surface area contributed by atoms with E-state index in [1.54, 1.807) is 24.1 Å². The molecule has 0 aliphatic carbocycles. The van der Waals surface area contributed by atoms with Crippen molar-refractivity contribution in [3.05, 3.63) is 18.0 Å². The van der Waals surface area contributed by atoms with Gasteiger partial charge in [0.1, 0.15) is 6.04 Å². The monoisotopic (exact) mass is 346 g/mol. The molecule has 0 aromatic carbocycles. The molecule has 6 nitrogen and oxygen atoms in total. The SMILES string of the molecule is CC(=O)N[C@@H]1CC[C@H](C(F)(F)F)N(C(=O)CCc2cnn(C)c2)C1. The molecular formula is C15H21F3N4O2. The van der Waals surface area contributed by atoms with E-state index in [1.165, 1.54) is 6.92 Å². The number of nitrogens with one attached hydrogen (secondary N) is 1. The molecular weight excluding hydrogens is 325 g/mol. The van der Waals surface area contributed by atoms with E-state index in [-0.39, 0.29) is 31.7 Å². The molecule has 0 radical (unpaired) electrons. The zero-order chi connectivity index (χ0) is 17.9. The molecule has 1 aliphatic rings.